The molecule has 0 saturated heterocycles. The Kier molecular flexibility index (Phi) is 4.73. The lowest BCUT2D eigenvalue weighted by molar-refractivity contribution is 0.0953. The van der Waals surface area contributed by atoms with Crippen LogP contribution in [0.25, 0.3) is 5.65 Å². The van der Waals surface area contributed by atoms with Gasteiger partial charge in [0.25, 0.3) is 5.91 Å². The quantitative estimate of drug-likeness (QED) is 0.567. The van der Waals surface area contributed by atoms with Crippen LogP contribution in [0.4, 0.5) is 0 Å². The fourth-order valence-electron chi connectivity index (χ4n) is 2.19. The van der Waals surface area contributed by atoms with Crippen molar-refractivity contribution in [2.75, 3.05) is 6.54 Å². The van der Waals surface area contributed by atoms with Gasteiger partial charge in [-0.1, -0.05) is 29.3 Å². The van der Waals surface area contributed by atoms with Crippen molar-refractivity contribution in [3.05, 3.63) is 58.2 Å². The Morgan fingerprint density at radius 3 is 2.87 bits per heavy atom. The zero-order valence-electron chi connectivity index (χ0n) is 12.0. The molecule has 3 aromatic heterocycles. The standard InChI is InChI=1S/C15H13Cl2N5O/c16-11-7-6-10(14(17)19-11)15(23)18-8-3-5-13-21-20-12-4-1-2-9-22(12)13/h1-2,4,6-7,9H,3,5,8H2,(H,18,23). The van der Waals surface area contributed by atoms with E-state index in [0.29, 0.717) is 18.5 Å². The predicted molar refractivity (Wildman–Crippen MR) is 87.9 cm³/mol. The van der Waals surface area contributed by atoms with E-state index in [1.54, 1.807) is 6.07 Å². The highest BCUT2D eigenvalue weighted by Gasteiger charge is 2.11. The topological polar surface area (TPSA) is 72.2 Å². The molecule has 0 atom stereocenters. The van der Waals surface area contributed by atoms with Crippen molar-refractivity contribution in [2.24, 2.45) is 0 Å². The Morgan fingerprint density at radius 1 is 1.17 bits per heavy atom. The van der Waals surface area contributed by atoms with E-state index in [2.05, 4.69) is 20.5 Å². The summed E-state index contributed by atoms with van der Waals surface area (Å²) in [7, 11) is 0. The summed E-state index contributed by atoms with van der Waals surface area (Å²) in [6, 6.07) is 8.83. The number of hydrogen-bond donors (Lipinski definition) is 1. The molecule has 3 aromatic rings. The van der Waals surface area contributed by atoms with Crippen LogP contribution in [0.3, 0.4) is 0 Å². The molecule has 6 nitrogen and oxygen atoms in total. The van der Waals surface area contributed by atoms with Crippen LogP contribution in [-0.2, 0) is 6.42 Å². The molecular formula is C15H13Cl2N5O. The lowest BCUT2D eigenvalue weighted by Gasteiger charge is -2.06. The van der Waals surface area contributed by atoms with Gasteiger partial charge in [-0.3, -0.25) is 9.20 Å². The van der Waals surface area contributed by atoms with Gasteiger partial charge in [-0.15, -0.1) is 10.2 Å². The highest BCUT2D eigenvalue weighted by atomic mass is 35.5. The molecule has 0 aromatic carbocycles. The molecule has 0 saturated carbocycles. The summed E-state index contributed by atoms with van der Waals surface area (Å²) in [6.45, 7) is 0.500. The summed E-state index contributed by atoms with van der Waals surface area (Å²) in [6.07, 6.45) is 3.36. The van der Waals surface area contributed by atoms with Crippen LogP contribution in [0, 0.1) is 0 Å². The second-order valence-electron chi connectivity index (χ2n) is 4.88. The van der Waals surface area contributed by atoms with Gasteiger partial charge >= 0.3 is 0 Å². The average molecular weight is 350 g/mol. The zero-order chi connectivity index (χ0) is 16.2. The molecule has 0 bridgehead atoms. The molecule has 0 fully saturated rings. The number of halogens is 2. The summed E-state index contributed by atoms with van der Waals surface area (Å²) >= 11 is 11.6. The number of carbonyl (C=O) groups is 1. The number of carbonyl (C=O) groups excluding carboxylic acids is 1. The molecule has 118 valence electrons. The minimum Gasteiger partial charge on any atom is -0.352 e. The maximum Gasteiger partial charge on any atom is 0.254 e. The SMILES string of the molecule is O=C(NCCCc1nnc2ccccn12)c1ccc(Cl)nc1Cl. The largest absolute Gasteiger partial charge is 0.352 e. The van der Waals surface area contributed by atoms with Gasteiger partial charge in [-0.25, -0.2) is 4.98 Å². The van der Waals surface area contributed by atoms with E-state index in [-0.39, 0.29) is 16.2 Å². The van der Waals surface area contributed by atoms with E-state index in [0.717, 1.165) is 17.9 Å². The summed E-state index contributed by atoms with van der Waals surface area (Å²) in [5.41, 5.74) is 1.12. The number of amides is 1. The Morgan fingerprint density at radius 2 is 2.04 bits per heavy atom. The molecule has 0 aliphatic heterocycles. The summed E-state index contributed by atoms with van der Waals surface area (Å²) < 4.78 is 1.93. The van der Waals surface area contributed by atoms with Crippen molar-refractivity contribution in [2.45, 2.75) is 12.8 Å². The molecule has 3 rings (SSSR count). The van der Waals surface area contributed by atoms with Crippen LogP contribution in [0.1, 0.15) is 22.6 Å². The van der Waals surface area contributed by atoms with Crippen LogP contribution >= 0.6 is 23.2 Å². The first-order valence-corrected chi connectivity index (χ1v) is 7.79. The van der Waals surface area contributed by atoms with E-state index >= 15 is 0 Å². The Hall–Kier alpha value is -2.18. The summed E-state index contributed by atoms with van der Waals surface area (Å²) in [5, 5.41) is 11.4. The van der Waals surface area contributed by atoms with Crippen LogP contribution in [-0.4, -0.2) is 32.0 Å². The third-order valence-corrected chi connectivity index (χ3v) is 3.81. The van der Waals surface area contributed by atoms with Gasteiger partial charge in [-0.05, 0) is 30.7 Å². The monoisotopic (exact) mass is 349 g/mol. The molecule has 0 aliphatic carbocycles. The number of fused-ring (bicyclic) bond motifs is 1. The van der Waals surface area contributed by atoms with Gasteiger partial charge in [0.15, 0.2) is 5.65 Å². The average Bonchev–Trinajstić information content (AvgIpc) is 2.94. The van der Waals surface area contributed by atoms with Gasteiger partial charge in [-0.2, -0.15) is 0 Å². The predicted octanol–water partition coefficient (Wildman–Crippen LogP) is 2.79. The molecule has 0 unspecified atom stereocenters. The molecule has 1 amide bonds. The number of aromatic nitrogens is 4. The third kappa shape index (κ3) is 3.60. The van der Waals surface area contributed by atoms with Gasteiger partial charge in [0.05, 0.1) is 5.56 Å². The van der Waals surface area contributed by atoms with Gasteiger partial charge in [0.1, 0.15) is 16.1 Å². The first kappa shape index (κ1) is 15.7. The number of rotatable bonds is 5. The lowest BCUT2D eigenvalue weighted by atomic mass is 10.2. The first-order valence-electron chi connectivity index (χ1n) is 7.04. The van der Waals surface area contributed by atoms with Crippen molar-refractivity contribution in [1.82, 2.24) is 24.9 Å². The maximum atomic E-state index is 12.0. The molecule has 0 radical (unpaired) electrons. The fourth-order valence-corrected chi connectivity index (χ4v) is 2.62. The van der Waals surface area contributed by atoms with Crippen molar-refractivity contribution in [1.29, 1.82) is 0 Å². The summed E-state index contributed by atoms with van der Waals surface area (Å²) in [4.78, 5) is 15.9. The molecular weight excluding hydrogens is 337 g/mol. The highest BCUT2D eigenvalue weighted by molar-refractivity contribution is 6.34. The number of pyridine rings is 2. The van der Waals surface area contributed by atoms with E-state index in [1.165, 1.54) is 6.07 Å². The Balaban J connectivity index is 1.54. The number of nitrogens with one attached hydrogen (secondary N) is 1. The number of nitrogens with zero attached hydrogens (tertiary/aromatic N) is 4. The van der Waals surface area contributed by atoms with Crippen molar-refractivity contribution < 1.29 is 4.79 Å². The van der Waals surface area contributed by atoms with Crippen molar-refractivity contribution in [3.8, 4) is 0 Å². The van der Waals surface area contributed by atoms with Crippen molar-refractivity contribution in [3.63, 3.8) is 0 Å². The van der Waals surface area contributed by atoms with Gasteiger partial charge in [0, 0.05) is 19.2 Å². The summed E-state index contributed by atoms with van der Waals surface area (Å²) in [5.74, 6) is 0.589. The number of hydrogen-bond acceptors (Lipinski definition) is 4. The zero-order valence-corrected chi connectivity index (χ0v) is 13.6. The van der Waals surface area contributed by atoms with Crippen LogP contribution in [0.15, 0.2) is 36.5 Å². The maximum absolute atomic E-state index is 12.0. The second kappa shape index (κ2) is 6.93. The van der Waals surface area contributed by atoms with Gasteiger partial charge < -0.3 is 5.32 Å². The van der Waals surface area contributed by atoms with Crippen LogP contribution in [0.5, 0.6) is 0 Å². The van der Waals surface area contributed by atoms with E-state index in [1.807, 2.05) is 28.8 Å². The minimum atomic E-state index is -0.273. The molecule has 8 heteroatoms. The molecule has 0 spiro atoms. The molecule has 23 heavy (non-hydrogen) atoms. The van der Waals surface area contributed by atoms with Crippen molar-refractivity contribution >= 4 is 34.8 Å². The van der Waals surface area contributed by atoms with E-state index in [4.69, 9.17) is 23.2 Å². The first-order chi connectivity index (χ1) is 11.1. The van der Waals surface area contributed by atoms with Gasteiger partial charge in [0.2, 0.25) is 0 Å². The van der Waals surface area contributed by atoms with E-state index < -0.39 is 0 Å². The molecule has 0 aliphatic rings. The van der Waals surface area contributed by atoms with Crippen LogP contribution < -0.4 is 5.32 Å². The smallest absolute Gasteiger partial charge is 0.254 e. The Bertz CT molecular complexity index is 849. The lowest BCUT2D eigenvalue weighted by Crippen LogP contribution is -2.25. The molecule has 3 heterocycles. The second-order valence-corrected chi connectivity index (χ2v) is 5.62. The normalized spacial score (nSPS) is 10.9. The Labute approximate surface area is 142 Å². The molecule has 1 N–H and O–H groups in total. The number of aryl methyl sites for hydroxylation is 1. The third-order valence-electron chi connectivity index (χ3n) is 3.31. The van der Waals surface area contributed by atoms with Crippen LogP contribution in [0.2, 0.25) is 10.3 Å². The minimum absolute atomic E-state index is 0.0958. The fraction of sp³-hybridized carbons (Fsp3) is 0.200. The van der Waals surface area contributed by atoms with E-state index in [9.17, 15) is 4.79 Å². The highest BCUT2D eigenvalue weighted by Crippen LogP contribution is 2.16.